The molecule has 5 heteroatoms. The fourth-order valence-corrected chi connectivity index (χ4v) is 2.26. The van der Waals surface area contributed by atoms with Gasteiger partial charge in [-0.1, -0.05) is 12.1 Å². The number of likely N-dealkylation sites (N-methyl/N-ethyl adjacent to an activating group) is 1. The zero-order chi connectivity index (χ0) is 14.3. The van der Waals surface area contributed by atoms with Gasteiger partial charge in [0, 0.05) is 13.6 Å². The van der Waals surface area contributed by atoms with Gasteiger partial charge in [-0.15, -0.1) is 0 Å². The molecule has 19 heavy (non-hydrogen) atoms. The lowest BCUT2D eigenvalue weighted by molar-refractivity contribution is -0.131. The van der Waals surface area contributed by atoms with Crippen molar-refractivity contribution in [1.29, 1.82) is 0 Å². The van der Waals surface area contributed by atoms with Gasteiger partial charge in [-0.25, -0.2) is 0 Å². The van der Waals surface area contributed by atoms with Crippen molar-refractivity contribution in [3.05, 3.63) is 29.8 Å². The van der Waals surface area contributed by atoms with Crippen molar-refractivity contribution in [2.45, 2.75) is 19.0 Å². The van der Waals surface area contributed by atoms with Crippen LogP contribution in [0.25, 0.3) is 0 Å². The van der Waals surface area contributed by atoms with Gasteiger partial charge in [0.2, 0.25) is 5.91 Å². The lowest BCUT2D eigenvalue weighted by atomic mass is 10.1. The monoisotopic (exact) mass is 282 g/mol. The third-order valence-corrected chi connectivity index (χ3v) is 3.52. The van der Waals surface area contributed by atoms with Gasteiger partial charge in [0.15, 0.2) is 0 Å². The molecule has 0 radical (unpaired) electrons. The molecular weight excluding hydrogens is 260 g/mol. The summed E-state index contributed by atoms with van der Waals surface area (Å²) in [7, 11) is 3.41. The molecule has 2 N–H and O–H groups in total. The number of rotatable bonds is 7. The summed E-state index contributed by atoms with van der Waals surface area (Å²) in [5.74, 6) is 1.68. The second-order valence-corrected chi connectivity index (χ2v) is 5.42. The number of carbonyl (C=O) groups is 1. The molecule has 0 saturated heterocycles. The van der Waals surface area contributed by atoms with E-state index in [0.717, 1.165) is 17.1 Å². The standard InChI is InChI=1S/C14H22N2O2S/c1-16(14(17)13(15)7-8-19-3)10-11-5-4-6-12(9-11)18-2/h4-6,9,13H,7-8,10,15H2,1-3H3/t13-/m0/s1. The summed E-state index contributed by atoms with van der Waals surface area (Å²) >= 11 is 1.70. The van der Waals surface area contributed by atoms with Crippen molar-refractivity contribution in [2.24, 2.45) is 5.73 Å². The van der Waals surface area contributed by atoms with E-state index in [9.17, 15) is 4.79 Å². The zero-order valence-electron chi connectivity index (χ0n) is 11.8. The Labute approximate surface area is 119 Å². The van der Waals surface area contributed by atoms with Crippen LogP contribution >= 0.6 is 11.8 Å². The van der Waals surface area contributed by atoms with Gasteiger partial charge < -0.3 is 15.4 Å². The molecule has 0 aliphatic heterocycles. The van der Waals surface area contributed by atoms with Gasteiger partial charge in [0.05, 0.1) is 13.2 Å². The van der Waals surface area contributed by atoms with Crippen molar-refractivity contribution >= 4 is 17.7 Å². The third kappa shape index (κ3) is 5.12. The van der Waals surface area contributed by atoms with E-state index < -0.39 is 6.04 Å². The predicted molar refractivity (Wildman–Crippen MR) is 80.4 cm³/mol. The SMILES string of the molecule is COc1cccc(CN(C)C(=O)[C@@H](N)CCSC)c1. The van der Waals surface area contributed by atoms with Gasteiger partial charge in [-0.2, -0.15) is 11.8 Å². The Balaban J connectivity index is 2.57. The molecule has 4 nitrogen and oxygen atoms in total. The number of hydrogen-bond acceptors (Lipinski definition) is 4. The van der Waals surface area contributed by atoms with Gasteiger partial charge in [-0.05, 0) is 36.1 Å². The number of thioether (sulfide) groups is 1. The van der Waals surface area contributed by atoms with Crippen LogP contribution in [-0.4, -0.2) is 43.0 Å². The minimum Gasteiger partial charge on any atom is -0.497 e. The smallest absolute Gasteiger partial charge is 0.239 e. The second kappa shape index (κ2) is 8.07. The number of nitrogens with two attached hydrogens (primary N) is 1. The average molecular weight is 282 g/mol. The normalized spacial score (nSPS) is 12.0. The highest BCUT2D eigenvalue weighted by Gasteiger charge is 2.17. The van der Waals surface area contributed by atoms with Crippen molar-refractivity contribution in [2.75, 3.05) is 26.2 Å². The van der Waals surface area contributed by atoms with Crippen molar-refractivity contribution in [3.8, 4) is 5.75 Å². The molecular formula is C14H22N2O2S. The molecule has 0 aromatic heterocycles. The van der Waals surface area contributed by atoms with E-state index in [1.54, 1.807) is 30.8 Å². The predicted octanol–water partition coefficient (Wildman–Crippen LogP) is 1.73. The minimum absolute atomic E-state index is 0.0168. The van der Waals surface area contributed by atoms with Gasteiger partial charge in [0.25, 0.3) is 0 Å². The van der Waals surface area contributed by atoms with Crippen LogP contribution in [0.15, 0.2) is 24.3 Å². The Morgan fingerprint density at radius 1 is 1.53 bits per heavy atom. The second-order valence-electron chi connectivity index (χ2n) is 4.43. The summed E-state index contributed by atoms with van der Waals surface area (Å²) < 4.78 is 5.17. The lowest BCUT2D eigenvalue weighted by Gasteiger charge is -2.21. The summed E-state index contributed by atoms with van der Waals surface area (Å²) in [5.41, 5.74) is 6.92. The molecule has 0 heterocycles. The summed E-state index contributed by atoms with van der Waals surface area (Å²) in [6.07, 6.45) is 2.72. The molecule has 0 unspecified atom stereocenters. The zero-order valence-corrected chi connectivity index (χ0v) is 12.6. The Bertz CT molecular complexity index is 412. The maximum Gasteiger partial charge on any atom is 0.239 e. The molecule has 106 valence electrons. The first-order valence-electron chi connectivity index (χ1n) is 6.21. The fraction of sp³-hybridized carbons (Fsp3) is 0.500. The average Bonchev–Trinajstić information content (AvgIpc) is 2.43. The molecule has 1 amide bonds. The van der Waals surface area contributed by atoms with Crippen LogP contribution < -0.4 is 10.5 Å². The largest absolute Gasteiger partial charge is 0.497 e. The lowest BCUT2D eigenvalue weighted by Crippen LogP contribution is -2.41. The van der Waals surface area contributed by atoms with Crippen LogP contribution in [0, 0.1) is 0 Å². The van der Waals surface area contributed by atoms with Crippen molar-refractivity contribution in [1.82, 2.24) is 4.90 Å². The van der Waals surface area contributed by atoms with Crippen LogP contribution in [0.2, 0.25) is 0 Å². The first-order valence-corrected chi connectivity index (χ1v) is 7.60. The topological polar surface area (TPSA) is 55.6 Å². The van der Waals surface area contributed by atoms with Crippen LogP contribution in [0.1, 0.15) is 12.0 Å². The van der Waals surface area contributed by atoms with Crippen molar-refractivity contribution < 1.29 is 9.53 Å². The van der Waals surface area contributed by atoms with Crippen LogP contribution in [0.3, 0.4) is 0 Å². The molecule has 1 atom stereocenters. The molecule has 0 aliphatic carbocycles. The number of nitrogens with zero attached hydrogens (tertiary/aromatic N) is 1. The van der Waals surface area contributed by atoms with Crippen molar-refractivity contribution in [3.63, 3.8) is 0 Å². The highest BCUT2D eigenvalue weighted by atomic mass is 32.2. The van der Waals surface area contributed by atoms with Crippen LogP contribution in [0.4, 0.5) is 0 Å². The molecule has 0 spiro atoms. The van der Waals surface area contributed by atoms with E-state index in [4.69, 9.17) is 10.5 Å². The van der Waals surface area contributed by atoms with E-state index in [1.807, 2.05) is 30.5 Å². The summed E-state index contributed by atoms with van der Waals surface area (Å²) in [6.45, 7) is 0.545. The maximum atomic E-state index is 12.1. The third-order valence-electron chi connectivity index (χ3n) is 2.88. The van der Waals surface area contributed by atoms with Crippen LogP contribution in [0.5, 0.6) is 5.75 Å². The van der Waals surface area contributed by atoms with E-state index in [1.165, 1.54) is 0 Å². The van der Waals surface area contributed by atoms with E-state index in [2.05, 4.69) is 0 Å². The van der Waals surface area contributed by atoms with E-state index in [-0.39, 0.29) is 5.91 Å². The number of benzene rings is 1. The number of hydrogen-bond donors (Lipinski definition) is 1. The Morgan fingerprint density at radius 3 is 2.89 bits per heavy atom. The number of amides is 1. The molecule has 0 aliphatic rings. The highest BCUT2D eigenvalue weighted by molar-refractivity contribution is 7.98. The summed E-state index contributed by atoms with van der Waals surface area (Å²) in [5, 5.41) is 0. The first kappa shape index (κ1) is 15.9. The Morgan fingerprint density at radius 2 is 2.26 bits per heavy atom. The molecule has 0 fully saturated rings. The summed E-state index contributed by atoms with van der Waals surface area (Å²) in [6, 6.07) is 7.29. The maximum absolute atomic E-state index is 12.1. The van der Waals surface area contributed by atoms with E-state index in [0.29, 0.717) is 13.0 Å². The molecule has 0 bridgehead atoms. The first-order chi connectivity index (χ1) is 9.08. The fourth-order valence-electron chi connectivity index (χ4n) is 1.77. The minimum atomic E-state index is -0.414. The number of ether oxygens (including phenoxy) is 1. The highest BCUT2D eigenvalue weighted by Crippen LogP contribution is 2.14. The Hall–Kier alpha value is -1.20. The number of methoxy groups -OCH3 is 1. The quantitative estimate of drug-likeness (QED) is 0.827. The molecule has 0 saturated carbocycles. The van der Waals surface area contributed by atoms with Crippen LogP contribution in [-0.2, 0) is 11.3 Å². The molecule has 1 rings (SSSR count). The van der Waals surface area contributed by atoms with Gasteiger partial charge in [-0.3, -0.25) is 4.79 Å². The van der Waals surface area contributed by atoms with Gasteiger partial charge >= 0.3 is 0 Å². The number of carbonyl (C=O) groups excluding carboxylic acids is 1. The van der Waals surface area contributed by atoms with Gasteiger partial charge in [0.1, 0.15) is 5.75 Å². The molecule has 1 aromatic carbocycles. The van der Waals surface area contributed by atoms with E-state index >= 15 is 0 Å². The molecule has 1 aromatic rings. The Kier molecular flexibility index (Phi) is 6.73. The summed E-state index contributed by atoms with van der Waals surface area (Å²) in [4.78, 5) is 13.7.